The van der Waals surface area contributed by atoms with Crippen LogP contribution in [0.15, 0.2) is 40.2 Å². The van der Waals surface area contributed by atoms with Gasteiger partial charge < -0.3 is 10.8 Å². The summed E-state index contributed by atoms with van der Waals surface area (Å²) in [7, 11) is -3.65. The van der Waals surface area contributed by atoms with Crippen LogP contribution in [0.3, 0.4) is 0 Å². The van der Waals surface area contributed by atoms with Gasteiger partial charge in [-0.15, -0.1) is 0 Å². The summed E-state index contributed by atoms with van der Waals surface area (Å²) in [6.07, 6.45) is 1.44. The quantitative estimate of drug-likeness (QED) is 0.796. The van der Waals surface area contributed by atoms with Crippen molar-refractivity contribution in [2.24, 2.45) is 10.7 Å². The summed E-state index contributed by atoms with van der Waals surface area (Å²) in [5, 5.41) is 10.0. The molecule has 6 nitrogen and oxygen atoms in total. The molecule has 148 valence electrons. The van der Waals surface area contributed by atoms with E-state index in [1.807, 2.05) is 19.1 Å². The molecule has 2 aromatic carbocycles. The zero-order valence-corrected chi connectivity index (χ0v) is 17.1. The third-order valence-electron chi connectivity index (χ3n) is 5.53. The monoisotopic (exact) mass is 419 g/mol. The Kier molecular flexibility index (Phi) is 4.95. The fraction of sp³-hybridized carbons (Fsp3) is 0.350. The highest BCUT2D eigenvalue weighted by Gasteiger charge is 2.35. The van der Waals surface area contributed by atoms with Crippen LogP contribution >= 0.6 is 11.6 Å². The van der Waals surface area contributed by atoms with Gasteiger partial charge in [0.15, 0.2) is 0 Å². The number of aliphatic hydroxyl groups is 1. The van der Waals surface area contributed by atoms with Crippen LogP contribution in [0.25, 0.3) is 11.1 Å². The molecule has 0 saturated carbocycles. The molecule has 0 bridgehead atoms. The van der Waals surface area contributed by atoms with Crippen LogP contribution in [0.2, 0.25) is 5.02 Å². The van der Waals surface area contributed by atoms with Crippen molar-refractivity contribution in [2.45, 2.75) is 37.2 Å². The molecule has 1 fully saturated rings. The van der Waals surface area contributed by atoms with E-state index in [2.05, 4.69) is 4.99 Å². The predicted octanol–water partition coefficient (Wildman–Crippen LogP) is 2.68. The van der Waals surface area contributed by atoms with Crippen LogP contribution in [-0.2, 0) is 16.6 Å². The number of halogens is 1. The molecule has 2 heterocycles. The minimum absolute atomic E-state index is 0.163. The first-order chi connectivity index (χ1) is 13.3. The zero-order valence-electron chi connectivity index (χ0n) is 15.5. The van der Waals surface area contributed by atoms with Gasteiger partial charge in [-0.05, 0) is 48.6 Å². The van der Waals surface area contributed by atoms with Gasteiger partial charge in [0.05, 0.1) is 23.1 Å². The van der Waals surface area contributed by atoms with E-state index in [1.165, 1.54) is 4.31 Å². The van der Waals surface area contributed by atoms with Crippen LogP contribution < -0.4 is 5.73 Å². The number of hydrogen-bond donors (Lipinski definition) is 2. The normalized spacial score (nSPS) is 19.7. The first-order valence-corrected chi connectivity index (χ1v) is 11.0. The Morgan fingerprint density at radius 2 is 2.04 bits per heavy atom. The molecule has 0 radical (unpaired) electrons. The SMILES string of the molecule is Cc1cc(S(=O)(=O)N2CCC[C@H]2CO)ccc1-c1ccc2c(c1Cl)C(N)=NC2. The Morgan fingerprint density at radius 3 is 2.75 bits per heavy atom. The predicted molar refractivity (Wildman–Crippen MR) is 110 cm³/mol. The topological polar surface area (TPSA) is 96.0 Å². The molecule has 4 rings (SSSR count). The van der Waals surface area contributed by atoms with E-state index in [0.717, 1.165) is 34.2 Å². The van der Waals surface area contributed by atoms with Crippen LogP contribution in [0.4, 0.5) is 0 Å². The summed E-state index contributed by atoms with van der Waals surface area (Å²) in [5.41, 5.74) is 10.2. The van der Waals surface area contributed by atoms with Crippen LogP contribution in [0.1, 0.15) is 29.5 Å². The molecule has 3 N–H and O–H groups in total. The minimum Gasteiger partial charge on any atom is -0.395 e. The number of hydrogen-bond acceptors (Lipinski definition) is 5. The van der Waals surface area contributed by atoms with Crippen molar-refractivity contribution >= 4 is 27.5 Å². The maximum Gasteiger partial charge on any atom is 0.243 e. The summed E-state index contributed by atoms with van der Waals surface area (Å²) in [4.78, 5) is 4.46. The molecular formula is C20H22ClN3O3S. The van der Waals surface area contributed by atoms with E-state index in [1.54, 1.807) is 18.2 Å². The van der Waals surface area contributed by atoms with Crippen molar-refractivity contribution in [1.29, 1.82) is 0 Å². The second-order valence-electron chi connectivity index (χ2n) is 7.23. The molecule has 1 saturated heterocycles. The highest BCUT2D eigenvalue weighted by Crippen LogP contribution is 2.37. The number of aliphatic imine (C=N–C) groups is 1. The Morgan fingerprint density at radius 1 is 1.29 bits per heavy atom. The number of aryl methyl sites for hydroxylation is 1. The fourth-order valence-electron chi connectivity index (χ4n) is 4.02. The van der Waals surface area contributed by atoms with Gasteiger partial charge in [0.25, 0.3) is 0 Å². The molecular weight excluding hydrogens is 398 g/mol. The number of sulfonamides is 1. The molecule has 2 aliphatic heterocycles. The maximum absolute atomic E-state index is 13.0. The zero-order chi connectivity index (χ0) is 20.1. The van der Waals surface area contributed by atoms with Crippen molar-refractivity contribution in [1.82, 2.24) is 4.31 Å². The second-order valence-corrected chi connectivity index (χ2v) is 9.50. The fourth-order valence-corrected chi connectivity index (χ4v) is 6.18. The van der Waals surface area contributed by atoms with Gasteiger partial charge in [0.2, 0.25) is 10.0 Å². The lowest BCUT2D eigenvalue weighted by Gasteiger charge is -2.23. The van der Waals surface area contributed by atoms with Crippen molar-refractivity contribution in [3.05, 3.63) is 52.0 Å². The molecule has 8 heteroatoms. The van der Waals surface area contributed by atoms with Gasteiger partial charge in [0.1, 0.15) is 5.84 Å². The van der Waals surface area contributed by atoms with Gasteiger partial charge in [-0.1, -0.05) is 29.8 Å². The molecule has 2 aliphatic rings. The Bertz CT molecular complexity index is 1080. The van der Waals surface area contributed by atoms with E-state index in [9.17, 15) is 13.5 Å². The third-order valence-corrected chi connectivity index (χ3v) is 7.87. The Labute approximate surface area is 169 Å². The number of benzene rings is 2. The highest BCUT2D eigenvalue weighted by atomic mass is 35.5. The summed E-state index contributed by atoms with van der Waals surface area (Å²) < 4.78 is 27.5. The standard InChI is InChI=1S/C20H22ClN3O3S/c1-12-9-15(28(26,27)24-8-2-3-14(24)11-25)5-7-16(12)17-6-4-13-10-23-20(22)18(13)19(17)21/h4-7,9,14,25H,2-3,8,10-11H2,1H3,(H2,22,23)/t14-/m0/s1. The Balaban J connectivity index is 1.74. The molecule has 0 amide bonds. The van der Waals surface area contributed by atoms with Gasteiger partial charge in [-0.2, -0.15) is 4.31 Å². The van der Waals surface area contributed by atoms with Gasteiger partial charge in [-0.3, -0.25) is 4.99 Å². The van der Waals surface area contributed by atoms with E-state index in [4.69, 9.17) is 17.3 Å². The van der Waals surface area contributed by atoms with Crippen LogP contribution in [0, 0.1) is 6.92 Å². The van der Waals surface area contributed by atoms with Gasteiger partial charge in [-0.25, -0.2) is 8.42 Å². The lowest BCUT2D eigenvalue weighted by Crippen LogP contribution is -2.37. The summed E-state index contributed by atoms with van der Waals surface area (Å²) in [5.74, 6) is 0.433. The lowest BCUT2D eigenvalue weighted by atomic mass is 9.96. The van der Waals surface area contributed by atoms with E-state index in [0.29, 0.717) is 30.4 Å². The van der Waals surface area contributed by atoms with E-state index in [-0.39, 0.29) is 17.5 Å². The van der Waals surface area contributed by atoms with Crippen molar-refractivity contribution in [3.63, 3.8) is 0 Å². The average Bonchev–Trinajstić information content (AvgIpc) is 3.30. The van der Waals surface area contributed by atoms with Crippen LogP contribution in [-0.4, -0.2) is 42.9 Å². The number of nitrogens with zero attached hydrogens (tertiary/aromatic N) is 2. The second kappa shape index (κ2) is 7.15. The number of fused-ring (bicyclic) bond motifs is 1. The van der Waals surface area contributed by atoms with Crippen LogP contribution in [0.5, 0.6) is 0 Å². The van der Waals surface area contributed by atoms with E-state index < -0.39 is 10.0 Å². The molecule has 0 aliphatic carbocycles. The first kappa shape index (κ1) is 19.4. The molecule has 0 aromatic heterocycles. The molecule has 0 spiro atoms. The number of amidine groups is 1. The smallest absolute Gasteiger partial charge is 0.243 e. The first-order valence-electron chi connectivity index (χ1n) is 9.20. The molecule has 1 atom stereocenters. The molecule has 0 unspecified atom stereocenters. The Hall–Kier alpha value is -1.93. The third kappa shape index (κ3) is 3.03. The van der Waals surface area contributed by atoms with Gasteiger partial charge in [0, 0.05) is 23.7 Å². The molecule has 28 heavy (non-hydrogen) atoms. The lowest BCUT2D eigenvalue weighted by molar-refractivity contribution is 0.213. The maximum atomic E-state index is 13.0. The van der Waals surface area contributed by atoms with Crippen molar-refractivity contribution in [2.75, 3.05) is 13.2 Å². The number of rotatable bonds is 4. The number of aliphatic hydroxyl groups excluding tert-OH is 1. The summed E-state index contributed by atoms with van der Waals surface area (Å²) in [6.45, 7) is 2.66. The van der Waals surface area contributed by atoms with Gasteiger partial charge >= 0.3 is 0 Å². The number of nitrogens with two attached hydrogens (primary N) is 1. The largest absolute Gasteiger partial charge is 0.395 e. The summed E-state index contributed by atoms with van der Waals surface area (Å²) >= 11 is 6.61. The minimum atomic E-state index is -3.65. The highest BCUT2D eigenvalue weighted by molar-refractivity contribution is 7.89. The van der Waals surface area contributed by atoms with E-state index >= 15 is 0 Å². The van der Waals surface area contributed by atoms with Crippen molar-refractivity contribution < 1.29 is 13.5 Å². The van der Waals surface area contributed by atoms with Crippen molar-refractivity contribution in [3.8, 4) is 11.1 Å². The molecule has 2 aromatic rings. The summed E-state index contributed by atoms with van der Waals surface area (Å²) in [6, 6.07) is 8.58. The average molecular weight is 420 g/mol.